The molecule has 0 amide bonds. The molecule has 0 aromatic carbocycles. The molecule has 0 spiro atoms. The van der Waals surface area contributed by atoms with E-state index in [2.05, 4.69) is 0 Å². The predicted molar refractivity (Wildman–Crippen MR) is 67.1 cm³/mol. The van der Waals surface area contributed by atoms with E-state index >= 15 is 0 Å². The van der Waals surface area contributed by atoms with E-state index in [-0.39, 0.29) is 6.04 Å². The van der Waals surface area contributed by atoms with Crippen LogP contribution in [0.2, 0.25) is 0 Å². The first kappa shape index (κ1) is 13.6. The van der Waals surface area contributed by atoms with E-state index in [4.69, 9.17) is 5.73 Å². The van der Waals surface area contributed by atoms with Crippen LogP contribution in [-0.2, 0) is 10.0 Å². The van der Waals surface area contributed by atoms with Gasteiger partial charge in [-0.25, -0.2) is 8.42 Å². The topological polar surface area (TPSA) is 63.4 Å². The molecule has 4 nitrogen and oxygen atoms in total. The van der Waals surface area contributed by atoms with Gasteiger partial charge in [0.2, 0.25) is 0 Å². The number of hydrogen-bond donors (Lipinski definition) is 1. The lowest BCUT2D eigenvalue weighted by molar-refractivity contribution is 0.362. The number of hydrogen-bond acceptors (Lipinski definition) is 4. The summed E-state index contributed by atoms with van der Waals surface area (Å²) in [7, 11) is -3.37. The zero-order valence-corrected chi connectivity index (χ0v) is 11.4. The second-order valence-electron chi connectivity index (χ2n) is 3.86. The summed E-state index contributed by atoms with van der Waals surface area (Å²) in [6, 6.07) is 3.40. The maximum Gasteiger partial charge on any atom is 0.252 e. The normalized spacial score (nSPS) is 12.6. The molecule has 0 aliphatic heterocycles. The van der Waals surface area contributed by atoms with Crippen LogP contribution < -0.4 is 5.73 Å². The second-order valence-corrected chi connectivity index (χ2v) is 7.27. The highest BCUT2D eigenvalue weighted by Crippen LogP contribution is 2.25. The van der Waals surface area contributed by atoms with Gasteiger partial charge in [0.15, 0.2) is 0 Å². The maximum atomic E-state index is 12.3. The van der Waals surface area contributed by atoms with Gasteiger partial charge in [-0.2, -0.15) is 4.31 Å². The second kappa shape index (κ2) is 5.27. The monoisotopic (exact) mass is 262 g/mol. The first-order chi connectivity index (χ1) is 7.39. The van der Waals surface area contributed by atoms with Gasteiger partial charge in [0.1, 0.15) is 4.21 Å². The minimum absolute atomic E-state index is 0.0732. The molecule has 1 aromatic rings. The SMILES string of the molecule is Cc1ccc(S(=O)(=O)N(CCN)C(C)C)s1. The molecule has 0 aliphatic rings. The van der Waals surface area contributed by atoms with Crippen molar-refractivity contribution in [3.8, 4) is 0 Å². The lowest BCUT2D eigenvalue weighted by Crippen LogP contribution is -2.39. The Kier molecular flexibility index (Phi) is 4.49. The zero-order valence-electron chi connectivity index (χ0n) is 9.80. The van der Waals surface area contributed by atoms with E-state index in [1.165, 1.54) is 15.6 Å². The van der Waals surface area contributed by atoms with Crippen LogP contribution in [0.5, 0.6) is 0 Å². The number of sulfonamides is 1. The average molecular weight is 262 g/mol. The van der Waals surface area contributed by atoms with Crippen LogP contribution in [0.3, 0.4) is 0 Å². The summed E-state index contributed by atoms with van der Waals surface area (Å²) in [6.07, 6.45) is 0. The third-order valence-electron chi connectivity index (χ3n) is 2.20. The molecule has 0 fully saturated rings. The van der Waals surface area contributed by atoms with Crippen LogP contribution in [0.15, 0.2) is 16.3 Å². The summed E-state index contributed by atoms with van der Waals surface area (Å²) in [5.74, 6) is 0. The lowest BCUT2D eigenvalue weighted by Gasteiger charge is -2.24. The molecule has 0 saturated carbocycles. The molecule has 1 heterocycles. The van der Waals surface area contributed by atoms with Gasteiger partial charge in [-0.1, -0.05) is 0 Å². The van der Waals surface area contributed by atoms with Crippen LogP contribution in [0.25, 0.3) is 0 Å². The van der Waals surface area contributed by atoms with Crippen molar-refractivity contribution in [2.24, 2.45) is 5.73 Å². The minimum Gasteiger partial charge on any atom is -0.329 e. The van der Waals surface area contributed by atoms with Crippen LogP contribution in [0.4, 0.5) is 0 Å². The first-order valence-electron chi connectivity index (χ1n) is 5.18. The molecular weight excluding hydrogens is 244 g/mol. The average Bonchev–Trinajstić information content (AvgIpc) is 2.61. The third kappa shape index (κ3) is 2.82. The summed E-state index contributed by atoms with van der Waals surface area (Å²) >= 11 is 1.30. The molecule has 0 unspecified atom stereocenters. The van der Waals surface area contributed by atoms with Crippen molar-refractivity contribution in [2.45, 2.75) is 31.0 Å². The van der Waals surface area contributed by atoms with Crippen molar-refractivity contribution in [3.05, 3.63) is 17.0 Å². The summed E-state index contributed by atoms with van der Waals surface area (Å²) in [6.45, 7) is 6.30. The van der Waals surface area contributed by atoms with E-state index in [0.717, 1.165) is 4.88 Å². The molecule has 0 aliphatic carbocycles. The zero-order chi connectivity index (χ0) is 12.3. The van der Waals surface area contributed by atoms with Gasteiger partial charge >= 0.3 is 0 Å². The summed E-state index contributed by atoms with van der Waals surface area (Å²) in [5.41, 5.74) is 5.44. The first-order valence-corrected chi connectivity index (χ1v) is 7.43. The van der Waals surface area contributed by atoms with Gasteiger partial charge in [0, 0.05) is 24.0 Å². The van der Waals surface area contributed by atoms with Crippen LogP contribution in [-0.4, -0.2) is 31.9 Å². The fourth-order valence-electron chi connectivity index (χ4n) is 1.45. The summed E-state index contributed by atoms with van der Waals surface area (Å²) in [4.78, 5) is 0.995. The standard InChI is InChI=1S/C10H18N2O2S2/c1-8(2)12(7-6-11)16(13,14)10-5-4-9(3)15-10/h4-5,8H,6-7,11H2,1-3H3. The number of rotatable bonds is 5. The van der Waals surface area contributed by atoms with Gasteiger partial charge in [0.25, 0.3) is 10.0 Å². The highest BCUT2D eigenvalue weighted by Gasteiger charge is 2.27. The highest BCUT2D eigenvalue weighted by atomic mass is 32.2. The molecule has 1 rings (SSSR count). The van der Waals surface area contributed by atoms with Gasteiger partial charge in [-0.3, -0.25) is 0 Å². The smallest absolute Gasteiger partial charge is 0.252 e. The van der Waals surface area contributed by atoms with Gasteiger partial charge in [-0.15, -0.1) is 11.3 Å². The van der Waals surface area contributed by atoms with E-state index < -0.39 is 10.0 Å². The largest absolute Gasteiger partial charge is 0.329 e. The summed E-state index contributed by atoms with van der Waals surface area (Å²) < 4.78 is 26.4. The predicted octanol–water partition coefficient (Wildman–Crippen LogP) is 1.41. The minimum atomic E-state index is -3.37. The lowest BCUT2D eigenvalue weighted by atomic mass is 10.4. The molecule has 92 valence electrons. The van der Waals surface area contributed by atoms with Crippen LogP contribution >= 0.6 is 11.3 Å². The van der Waals surface area contributed by atoms with Crippen molar-refractivity contribution in [2.75, 3.05) is 13.1 Å². The van der Waals surface area contributed by atoms with E-state index in [0.29, 0.717) is 17.3 Å². The Labute approximate surface area is 101 Å². The van der Waals surface area contributed by atoms with Gasteiger partial charge < -0.3 is 5.73 Å². The van der Waals surface area contributed by atoms with Crippen molar-refractivity contribution >= 4 is 21.4 Å². The molecule has 0 bridgehead atoms. The van der Waals surface area contributed by atoms with Gasteiger partial charge in [0.05, 0.1) is 0 Å². The van der Waals surface area contributed by atoms with Gasteiger partial charge in [-0.05, 0) is 32.9 Å². The number of thiophene rings is 1. The van der Waals surface area contributed by atoms with Crippen molar-refractivity contribution in [3.63, 3.8) is 0 Å². The van der Waals surface area contributed by atoms with Crippen molar-refractivity contribution in [1.82, 2.24) is 4.31 Å². The fraction of sp³-hybridized carbons (Fsp3) is 0.600. The fourth-order valence-corrected chi connectivity index (χ4v) is 4.51. The third-order valence-corrected chi connectivity index (χ3v) is 5.75. The van der Waals surface area contributed by atoms with Crippen LogP contribution in [0, 0.1) is 6.92 Å². The van der Waals surface area contributed by atoms with E-state index in [1.54, 1.807) is 6.07 Å². The number of aryl methyl sites for hydroxylation is 1. The molecule has 0 radical (unpaired) electrons. The molecular formula is C10H18N2O2S2. The van der Waals surface area contributed by atoms with E-state index in [1.807, 2.05) is 26.8 Å². The number of nitrogens with zero attached hydrogens (tertiary/aromatic N) is 1. The maximum absolute atomic E-state index is 12.3. The van der Waals surface area contributed by atoms with E-state index in [9.17, 15) is 8.42 Å². The number of nitrogens with two attached hydrogens (primary N) is 1. The Morgan fingerprint density at radius 1 is 1.44 bits per heavy atom. The highest BCUT2D eigenvalue weighted by molar-refractivity contribution is 7.91. The Bertz CT molecular complexity index is 437. The van der Waals surface area contributed by atoms with Crippen molar-refractivity contribution < 1.29 is 8.42 Å². The molecule has 6 heteroatoms. The Morgan fingerprint density at radius 2 is 2.06 bits per heavy atom. The Morgan fingerprint density at radius 3 is 2.44 bits per heavy atom. The Hall–Kier alpha value is -0.430. The molecule has 0 saturated heterocycles. The van der Waals surface area contributed by atoms with Crippen LogP contribution in [0.1, 0.15) is 18.7 Å². The quantitative estimate of drug-likeness (QED) is 0.872. The molecule has 16 heavy (non-hydrogen) atoms. The Balaban J connectivity index is 3.08. The molecule has 2 N–H and O–H groups in total. The molecule has 1 aromatic heterocycles. The summed E-state index contributed by atoms with van der Waals surface area (Å²) in [5, 5.41) is 0. The molecule has 0 atom stereocenters. The van der Waals surface area contributed by atoms with Crippen molar-refractivity contribution in [1.29, 1.82) is 0 Å².